The molecular formula is C17H17N. The first-order valence-electron chi connectivity index (χ1n) is 6.86. The fourth-order valence-electron chi connectivity index (χ4n) is 3.31. The van der Waals surface area contributed by atoms with Crippen LogP contribution >= 0.6 is 0 Å². The molecular weight excluding hydrogens is 218 g/mol. The second kappa shape index (κ2) is 3.88. The first-order valence-corrected chi connectivity index (χ1v) is 6.86. The lowest BCUT2D eigenvalue weighted by Gasteiger charge is -2.13. The number of hydrogen-bond acceptors (Lipinski definition) is 1. The number of rotatable bonds is 1. The van der Waals surface area contributed by atoms with Crippen LogP contribution in [0.4, 0.5) is 5.69 Å². The van der Waals surface area contributed by atoms with Crippen molar-refractivity contribution in [2.45, 2.75) is 31.7 Å². The van der Waals surface area contributed by atoms with Crippen molar-refractivity contribution in [3.63, 3.8) is 0 Å². The molecule has 0 spiro atoms. The van der Waals surface area contributed by atoms with E-state index in [4.69, 9.17) is 0 Å². The summed E-state index contributed by atoms with van der Waals surface area (Å²) >= 11 is 0. The van der Waals surface area contributed by atoms with Crippen LogP contribution in [-0.4, -0.2) is 0 Å². The van der Waals surface area contributed by atoms with Crippen LogP contribution < -0.4 is 5.32 Å². The molecule has 0 amide bonds. The van der Waals surface area contributed by atoms with Gasteiger partial charge in [0, 0.05) is 5.69 Å². The van der Waals surface area contributed by atoms with Crippen molar-refractivity contribution in [3.05, 3.63) is 64.7 Å². The predicted molar refractivity (Wildman–Crippen MR) is 75.0 cm³/mol. The molecule has 1 heteroatoms. The van der Waals surface area contributed by atoms with Crippen LogP contribution in [0.5, 0.6) is 0 Å². The van der Waals surface area contributed by atoms with Gasteiger partial charge in [0.2, 0.25) is 0 Å². The summed E-state index contributed by atoms with van der Waals surface area (Å²) in [5.41, 5.74) is 7.34. The number of aryl methyl sites for hydroxylation is 2. The molecule has 1 nitrogen and oxygen atoms in total. The summed E-state index contributed by atoms with van der Waals surface area (Å²) in [6.45, 7) is 0. The predicted octanol–water partition coefficient (Wildman–Crippen LogP) is 3.88. The van der Waals surface area contributed by atoms with Gasteiger partial charge in [0.25, 0.3) is 0 Å². The zero-order valence-electron chi connectivity index (χ0n) is 10.4. The molecule has 2 aliphatic rings. The molecule has 0 aromatic heterocycles. The highest BCUT2D eigenvalue weighted by Gasteiger charge is 2.22. The summed E-state index contributed by atoms with van der Waals surface area (Å²) in [5, 5.41) is 3.64. The van der Waals surface area contributed by atoms with Crippen molar-refractivity contribution < 1.29 is 0 Å². The number of nitrogens with one attached hydrogen (secondary N) is 1. The van der Waals surface area contributed by atoms with Crippen LogP contribution in [-0.2, 0) is 19.3 Å². The molecule has 0 saturated heterocycles. The van der Waals surface area contributed by atoms with Gasteiger partial charge in [-0.05, 0) is 54.0 Å². The number of para-hydroxylation sites is 1. The molecule has 90 valence electrons. The van der Waals surface area contributed by atoms with Gasteiger partial charge < -0.3 is 5.32 Å². The summed E-state index contributed by atoms with van der Waals surface area (Å²) in [6.07, 6.45) is 4.99. The average Bonchev–Trinajstić information content (AvgIpc) is 3.04. The van der Waals surface area contributed by atoms with Gasteiger partial charge in [0.05, 0.1) is 6.04 Å². The van der Waals surface area contributed by atoms with Gasteiger partial charge in [-0.1, -0.05) is 36.4 Å². The third-order valence-corrected chi connectivity index (χ3v) is 4.30. The zero-order valence-corrected chi connectivity index (χ0v) is 10.4. The van der Waals surface area contributed by atoms with Gasteiger partial charge in [0.1, 0.15) is 0 Å². The van der Waals surface area contributed by atoms with Gasteiger partial charge in [-0.2, -0.15) is 0 Å². The van der Waals surface area contributed by atoms with E-state index in [0.717, 1.165) is 6.42 Å². The summed E-state index contributed by atoms with van der Waals surface area (Å²) in [5.74, 6) is 0. The van der Waals surface area contributed by atoms with E-state index in [1.54, 1.807) is 11.1 Å². The molecule has 0 radical (unpaired) electrons. The third kappa shape index (κ3) is 1.54. The van der Waals surface area contributed by atoms with Crippen molar-refractivity contribution in [2.75, 3.05) is 5.32 Å². The van der Waals surface area contributed by atoms with E-state index in [1.807, 2.05) is 0 Å². The van der Waals surface area contributed by atoms with Crippen molar-refractivity contribution in [1.29, 1.82) is 0 Å². The molecule has 18 heavy (non-hydrogen) atoms. The van der Waals surface area contributed by atoms with Crippen LogP contribution in [0, 0.1) is 0 Å². The molecule has 0 fully saturated rings. The summed E-state index contributed by atoms with van der Waals surface area (Å²) < 4.78 is 0. The molecule has 1 N–H and O–H groups in total. The Kier molecular flexibility index (Phi) is 2.19. The van der Waals surface area contributed by atoms with E-state index < -0.39 is 0 Å². The average molecular weight is 235 g/mol. The van der Waals surface area contributed by atoms with Crippen LogP contribution in [0.15, 0.2) is 42.5 Å². The Hall–Kier alpha value is -1.76. The molecule has 2 aromatic carbocycles. The van der Waals surface area contributed by atoms with Gasteiger partial charge in [-0.3, -0.25) is 0 Å². The standard InChI is InChI=1S/C17H17N/c1-2-7-16-14(4-1)11-17(18-16)15-9-8-12-5-3-6-13(12)10-15/h1-2,4,7-10,17-18H,3,5-6,11H2. The normalized spacial score (nSPS) is 20.3. The van der Waals surface area contributed by atoms with Crippen molar-refractivity contribution in [3.8, 4) is 0 Å². The number of anilines is 1. The molecule has 1 unspecified atom stereocenters. The van der Waals surface area contributed by atoms with E-state index in [2.05, 4.69) is 47.8 Å². The minimum atomic E-state index is 0.466. The van der Waals surface area contributed by atoms with Gasteiger partial charge in [0.15, 0.2) is 0 Å². The monoisotopic (exact) mass is 235 g/mol. The van der Waals surface area contributed by atoms with Crippen LogP contribution in [0.2, 0.25) is 0 Å². The maximum atomic E-state index is 3.64. The minimum Gasteiger partial charge on any atom is -0.378 e. The second-order valence-corrected chi connectivity index (χ2v) is 5.44. The lowest BCUT2D eigenvalue weighted by Crippen LogP contribution is -2.06. The highest BCUT2D eigenvalue weighted by Crippen LogP contribution is 2.35. The Balaban J connectivity index is 1.66. The third-order valence-electron chi connectivity index (χ3n) is 4.30. The van der Waals surface area contributed by atoms with Gasteiger partial charge in [-0.25, -0.2) is 0 Å². The van der Waals surface area contributed by atoms with E-state index in [-0.39, 0.29) is 0 Å². The number of hydrogen-bond donors (Lipinski definition) is 1. The molecule has 1 atom stereocenters. The molecule has 0 saturated carbocycles. The van der Waals surface area contributed by atoms with Crippen LogP contribution in [0.25, 0.3) is 0 Å². The number of benzene rings is 2. The first kappa shape index (κ1) is 10.2. The Morgan fingerprint density at radius 1 is 0.889 bits per heavy atom. The zero-order chi connectivity index (χ0) is 11.9. The first-order chi connectivity index (χ1) is 8.90. The molecule has 1 aliphatic carbocycles. The maximum Gasteiger partial charge on any atom is 0.0555 e. The van der Waals surface area contributed by atoms with Gasteiger partial charge in [-0.15, -0.1) is 0 Å². The van der Waals surface area contributed by atoms with Crippen LogP contribution in [0.1, 0.15) is 34.7 Å². The van der Waals surface area contributed by atoms with E-state index in [9.17, 15) is 0 Å². The lowest BCUT2D eigenvalue weighted by molar-refractivity contribution is 0.821. The van der Waals surface area contributed by atoms with Gasteiger partial charge >= 0.3 is 0 Å². The Morgan fingerprint density at radius 3 is 2.72 bits per heavy atom. The second-order valence-electron chi connectivity index (χ2n) is 5.44. The molecule has 1 heterocycles. The fraction of sp³-hybridized carbons (Fsp3) is 0.294. The maximum absolute atomic E-state index is 3.64. The van der Waals surface area contributed by atoms with E-state index >= 15 is 0 Å². The fourth-order valence-corrected chi connectivity index (χ4v) is 3.31. The van der Waals surface area contributed by atoms with Crippen molar-refractivity contribution in [2.24, 2.45) is 0 Å². The Labute approximate surface area is 108 Å². The highest BCUT2D eigenvalue weighted by atomic mass is 14.9. The number of fused-ring (bicyclic) bond motifs is 2. The molecule has 4 rings (SSSR count). The molecule has 1 aliphatic heterocycles. The summed E-state index contributed by atoms with van der Waals surface area (Å²) in [7, 11) is 0. The molecule has 2 aromatic rings. The SMILES string of the molecule is c1ccc2c(c1)CC(c1ccc3c(c1)CCC3)N2. The van der Waals surface area contributed by atoms with E-state index in [1.165, 1.54) is 36.1 Å². The minimum absolute atomic E-state index is 0.466. The topological polar surface area (TPSA) is 12.0 Å². The smallest absolute Gasteiger partial charge is 0.0555 e. The largest absolute Gasteiger partial charge is 0.378 e. The van der Waals surface area contributed by atoms with Crippen LogP contribution in [0.3, 0.4) is 0 Å². The quantitative estimate of drug-likeness (QED) is 0.791. The Morgan fingerprint density at radius 2 is 1.78 bits per heavy atom. The summed E-state index contributed by atoms with van der Waals surface area (Å²) in [4.78, 5) is 0. The Bertz CT molecular complexity index is 575. The lowest BCUT2D eigenvalue weighted by atomic mass is 9.99. The van der Waals surface area contributed by atoms with Crippen molar-refractivity contribution >= 4 is 5.69 Å². The summed E-state index contributed by atoms with van der Waals surface area (Å²) in [6, 6.07) is 16.2. The molecule has 0 bridgehead atoms. The highest BCUT2D eigenvalue weighted by molar-refractivity contribution is 5.58. The van der Waals surface area contributed by atoms with E-state index in [0.29, 0.717) is 6.04 Å². The van der Waals surface area contributed by atoms with Crippen molar-refractivity contribution in [1.82, 2.24) is 0 Å².